The van der Waals surface area contributed by atoms with Crippen molar-refractivity contribution < 1.29 is 19.4 Å². The number of ether oxygens (including phenoxy) is 2. The van der Waals surface area contributed by atoms with E-state index in [1.165, 1.54) is 7.11 Å². The van der Waals surface area contributed by atoms with Crippen LogP contribution in [0.4, 0.5) is 0 Å². The molecule has 0 spiro atoms. The van der Waals surface area contributed by atoms with E-state index in [1.807, 2.05) is 24.3 Å². The highest BCUT2D eigenvalue weighted by atomic mass is 16.5. The summed E-state index contributed by atoms with van der Waals surface area (Å²) in [5.74, 6) is 0.322. The molecule has 24 heavy (non-hydrogen) atoms. The molecular formula is C19H21NO4. The number of rotatable bonds is 5. The third-order valence-electron chi connectivity index (χ3n) is 4.45. The highest BCUT2D eigenvalue weighted by molar-refractivity contribution is 5.94. The molecule has 126 valence electrons. The lowest BCUT2D eigenvalue weighted by Gasteiger charge is -2.39. The molecule has 0 radical (unpaired) electrons. The van der Waals surface area contributed by atoms with Gasteiger partial charge in [-0.15, -0.1) is 0 Å². The Bertz CT molecular complexity index is 736. The second kappa shape index (κ2) is 6.53. The van der Waals surface area contributed by atoms with Crippen LogP contribution in [0.5, 0.6) is 11.5 Å². The van der Waals surface area contributed by atoms with Gasteiger partial charge in [-0.1, -0.05) is 18.2 Å². The summed E-state index contributed by atoms with van der Waals surface area (Å²) < 4.78 is 10.7. The van der Waals surface area contributed by atoms with Crippen LogP contribution in [0.15, 0.2) is 42.5 Å². The van der Waals surface area contributed by atoms with Crippen molar-refractivity contribution in [3.8, 4) is 11.5 Å². The first kappa shape index (κ1) is 16.3. The number of benzene rings is 2. The molecule has 1 amide bonds. The Morgan fingerprint density at radius 2 is 2.00 bits per heavy atom. The Morgan fingerprint density at radius 3 is 2.58 bits per heavy atom. The number of hydrogen-bond donors (Lipinski definition) is 2. The van der Waals surface area contributed by atoms with Gasteiger partial charge in [0, 0.05) is 18.5 Å². The number of phenols is 1. The summed E-state index contributed by atoms with van der Waals surface area (Å²) in [7, 11) is 1.49. The molecule has 2 aromatic rings. The standard InChI is InChI=1S/C19H21NO4/c1-19(9-10-24-19)15-6-4-14(5-7-15)18(22)20-12-13-3-8-16(21)17(11-13)23-2/h3-8,11,21H,9-10,12H2,1-2H3,(H,20,22). The second-order valence-electron chi connectivity index (χ2n) is 6.10. The zero-order chi connectivity index (χ0) is 17.2. The van der Waals surface area contributed by atoms with Crippen LogP contribution >= 0.6 is 0 Å². The van der Waals surface area contributed by atoms with E-state index in [2.05, 4.69) is 12.2 Å². The molecular weight excluding hydrogens is 306 g/mol. The first-order valence-corrected chi connectivity index (χ1v) is 7.90. The van der Waals surface area contributed by atoms with Crippen molar-refractivity contribution in [2.24, 2.45) is 0 Å². The van der Waals surface area contributed by atoms with E-state index in [0.29, 0.717) is 17.9 Å². The molecule has 1 atom stereocenters. The predicted molar refractivity (Wildman–Crippen MR) is 90.2 cm³/mol. The molecule has 0 aromatic heterocycles. The van der Waals surface area contributed by atoms with Crippen LogP contribution in [-0.4, -0.2) is 24.7 Å². The zero-order valence-electron chi connectivity index (χ0n) is 13.8. The third kappa shape index (κ3) is 3.21. The third-order valence-corrected chi connectivity index (χ3v) is 4.45. The smallest absolute Gasteiger partial charge is 0.251 e. The summed E-state index contributed by atoms with van der Waals surface area (Å²) >= 11 is 0. The maximum atomic E-state index is 12.3. The second-order valence-corrected chi connectivity index (χ2v) is 6.10. The van der Waals surface area contributed by atoms with Gasteiger partial charge in [-0.3, -0.25) is 4.79 Å². The van der Waals surface area contributed by atoms with Gasteiger partial charge in [0.05, 0.1) is 19.3 Å². The minimum Gasteiger partial charge on any atom is -0.504 e. The molecule has 1 fully saturated rings. The van der Waals surface area contributed by atoms with Crippen molar-refractivity contribution in [3.05, 3.63) is 59.2 Å². The van der Waals surface area contributed by atoms with Crippen LogP contribution in [0, 0.1) is 0 Å². The number of amides is 1. The van der Waals surface area contributed by atoms with Crippen molar-refractivity contribution in [1.82, 2.24) is 5.32 Å². The Hall–Kier alpha value is -2.53. The summed E-state index contributed by atoms with van der Waals surface area (Å²) in [4.78, 5) is 12.3. The van der Waals surface area contributed by atoms with E-state index < -0.39 is 0 Å². The van der Waals surface area contributed by atoms with E-state index in [1.54, 1.807) is 18.2 Å². The zero-order valence-corrected chi connectivity index (χ0v) is 13.8. The fourth-order valence-corrected chi connectivity index (χ4v) is 2.73. The lowest BCUT2D eigenvalue weighted by Crippen LogP contribution is -2.37. The van der Waals surface area contributed by atoms with Crippen LogP contribution in [0.25, 0.3) is 0 Å². The predicted octanol–water partition coefficient (Wildman–Crippen LogP) is 2.97. The lowest BCUT2D eigenvalue weighted by molar-refractivity contribution is -0.140. The molecule has 5 nitrogen and oxygen atoms in total. The molecule has 1 saturated heterocycles. The van der Waals surface area contributed by atoms with Crippen LogP contribution < -0.4 is 10.1 Å². The summed E-state index contributed by atoms with van der Waals surface area (Å²) in [5, 5.41) is 12.4. The maximum absolute atomic E-state index is 12.3. The van der Waals surface area contributed by atoms with Crippen molar-refractivity contribution >= 4 is 5.91 Å². The summed E-state index contributed by atoms with van der Waals surface area (Å²) in [6.45, 7) is 3.21. The SMILES string of the molecule is COc1cc(CNC(=O)c2ccc(C3(C)CCO3)cc2)ccc1O. The summed E-state index contributed by atoms with van der Waals surface area (Å²) in [6, 6.07) is 12.5. The van der Waals surface area contributed by atoms with Crippen LogP contribution in [-0.2, 0) is 16.9 Å². The van der Waals surface area contributed by atoms with Crippen molar-refractivity contribution in [3.63, 3.8) is 0 Å². The number of phenolic OH excluding ortho intramolecular Hbond substituents is 1. The molecule has 1 aliphatic heterocycles. The number of hydrogen-bond acceptors (Lipinski definition) is 4. The van der Waals surface area contributed by atoms with Gasteiger partial charge in [-0.2, -0.15) is 0 Å². The van der Waals surface area contributed by atoms with Crippen LogP contribution in [0.2, 0.25) is 0 Å². The molecule has 1 heterocycles. The monoisotopic (exact) mass is 327 g/mol. The first-order valence-electron chi connectivity index (χ1n) is 7.90. The number of methoxy groups -OCH3 is 1. The fraction of sp³-hybridized carbons (Fsp3) is 0.316. The minimum atomic E-state index is -0.211. The number of carbonyl (C=O) groups is 1. The Balaban J connectivity index is 1.62. The van der Waals surface area contributed by atoms with Gasteiger partial charge in [-0.05, 0) is 42.3 Å². The van der Waals surface area contributed by atoms with E-state index in [0.717, 1.165) is 24.2 Å². The van der Waals surface area contributed by atoms with Crippen molar-refractivity contribution in [2.45, 2.75) is 25.5 Å². The van der Waals surface area contributed by atoms with E-state index in [-0.39, 0.29) is 17.3 Å². The van der Waals surface area contributed by atoms with Gasteiger partial charge >= 0.3 is 0 Å². The number of nitrogens with one attached hydrogen (secondary N) is 1. The van der Waals surface area contributed by atoms with E-state index >= 15 is 0 Å². The highest BCUT2D eigenvalue weighted by Gasteiger charge is 2.34. The van der Waals surface area contributed by atoms with Gasteiger partial charge in [-0.25, -0.2) is 0 Å². The van der Waals surface area contributed by atoms with Gasteiger partial charge in [0.15, 0.2) is 11.5 Å². The number of aromatic hydroxyl groups is 1. The maximum Gasteiger partial charge on any atom is 0.251 e. The highest BCUT2D eigenvalue weighted by Crippen LogP contribution is 2.36. The quantitative estimate of drug-likeness (QED) is 0.886. The average Bonchev–Trinajstić information content (AvgIpc) is 2.58. The molecule has 1 unspecified atom stereocenters. The van der Waals surface area contributed by atoms with Crippen LogP contribution in [0.3, 0.4) is 0 Å². The Morgan fingerprint density at radius 1 is 1.29 bits per heavy atom. The summed E-state index contributed by atoms with van der Waals surface area (Å²) in [6.07, 6.45) is 1.00. The molecule has 3 rings (SSSR count). The largest absolute Gasteiger partial charge is 0.504 e. The van der Waals surface area contributed by atoms with Crippen molar-refractivity contribution in [1.29, 1.82) is 0 Å². The molecule has 2 N–H and O–H groups in total. The lowest BCUT2D eigenvalue weighted by atomic mass is 9.88. The Kier molecular flexibility index (Phi) is 4.44. The Labute approximate surface area is 141 Å². The molecule has 5 heteroatoms. The van der Waals surface area contributed by atoms with E-state index in [4.69, 9.17) is 9.47 Å². The van der Waals surface area contributed by atoms with Gasteiger partial charge in [0.25, 0.3) is 5.91 Å². The first-order chi connectivity index (χ1) is 11.5. The normalized spacial score (nSPS) is 19.4. The van der Waals surface area contributed by atoms with Crippen molar-refractivity contribution in [2.75, 3.05) is 13.7 Å². The number of carbonyl (C=O) groups excluding carboxylic acids is 1. The minimum absolute atomic E-state index is 0.0786. The average molecular weight is 327 g/mol. The molecule has 1 aliphatic rings. The molecule has 2 aromatic carbocycles. The molecule has 0 saturated carbocycles. The topological polar surface area (TPSA) is 67.8 Å². The molecule has 0 aliphatic carbocycles. The van der Waals surface area contributed by atoms with Crippen LogP contribution in [0.1, 0.15) is 34.8 Å². The van der Waals surface area contributed by atoms with Gasteiger partial charge in [0.1, 0.15) is 0 Å². The summed E-state index contributed by atoms with van der Waals surface area (Å²) in [5.41, 5.74) is 2.34. The van der Waals surface area contributed by atoms with E-state index in [9.17, 15) is 9.90 Å². The van der Waals surface area contributed by atoms with Gasteiger partial charge < -0.3 is 19.9 Å². The van der Waals surface area contributed by atoms with Gasteiger partial charge in [0.2, 0.25) is 0 Å². The fourth-order valence-electron chi connectivity index (χ4n) is 2.73. The molecule has 0 bridgehead atoms.